The summed E-state index contributed by atoms with van der Waals surface area (Å²) in [7, 11) is -4.00. The van der Waals surface area contributed by atoms with E-state index in [0.29, 0.717) is 39.1 Å². The third-order valence-electron chi connectivity index (χ3n) is 6.69. The Labute approximate surface area is 238 Å². The second-order valence-corrected chi connectivity index (χ2v) is 12.3. The topological polar surface area (TPSA) is 101 Å². The van der Waals surface area contributed by atoms with E-state index >= 15 is 0 Å². The predicted octanol–water partition coefficient (Wildman–Crippen LogP) is 3.79. The van der Waals surface area contributed by atoms with Crippen LogP contribution in [-0.2, 0) is 24.3 Å². The first-order valence-corrected chi connectivity index (χ1v) is 15.1. The molecule has 2 aromatic rings. The van der Waals surface area contributed by atoms with Gasteiger partial charge < -0.3 is 14.8 Å². The van der Waals surface area contributed by atoms with Gasteiger partial charge in [0, 0.05) is 49.6 Å². The minimum atomic E-state index is -4.00. The number of carbonyl (C=O) groups excluding carboxylic acids is 1. The van der Waals surface area contributed by atoms with Crippen molar-refractivity contribution in [2.24, 2.45) is 0 Å². The lowest BCUT2D eigenvalue weighted by molar-refractivity contribution is -0.126. The zero-order chi connectivity index (χ0) is 27.1. The van der Waals surface area contributed by atoms with Gasteiger partial charge in [-0.15, -0.1) is 0 Å². The average Bonchev–Trinajstić information content (AvgIpc) is 2.89. The summed E-state index contributed by atoms with van der Waals surface area (Å²) in [6.45, 7) is 3.40. The van der Waals surface area contributed by atoms with Crippen molar-refractivity contribution in [3.05, 3.63) is 57.3 Å². The van der Waals surface area contributed by atoms with Crippen molar-refractivity contribution >= 4 is 50.7 Å². The number of piperidine rings is 1. The molecule has 2 fully saturated rings. The van der Waals surface area contributed by atoms with Gasteiger partial charge in [0.25, 0.3) is 0 Å². The zero-order valence-electron chi connectivity index (χ0n) is 20.8. The summed E-state index contributed by atoms with van der Waals surface area (Å²) >= 11 is 18.4. The van der Waals surface area contributed by atoms with Crippen LogP contribution in [-0.4, -0.2) is 87.2 Å². The van der Waals surface area contributed by atoms with E-state index in [9.17, 15) is 13.2 Å². The van der Waals surface area contributed by atoms with Crippen molar-refractivity contribution < 1.29 is 22.7 Å². The number of ether oxygens (including phenoxy) is 2. The smallest absolute Gasteiger partial charge is 0.246 e. The van der Waals surface area contributed by atoms with E-state index in [1.54, 1.807) is 12.4 Å². The fraction of sp³-hybridized carbons (Fsp3) is 0.520. The number of carbonyl (C=O) groups is 1. The predicted molar refractivity (Wildman–Crippen MR) is 146 cm³/mol. The lowest BCUT2D eigenvalue weighted by Crippen LogP contribution is -2.47. The second kappa shape index (κ2) is 13.7. The molecule has 0 spiro atoms. The average molecular weight is 606 g/mol. The van der Waals surface area contributed by atoms with Crippen LogP contribution in [0.15, 0.2) is 41.6 Å². The number of hydrogen-bond acceptors (Lipinski definition) is 7. The summed E-state index contributed by atoms with van der Waals surface area (Å²) in [6.07, 6.45) is 5.68. The molecule has 1 aromatic heterocycles. The summed E-state index contributed by atoms with van der Waals surface area (Å²) in [5.41, 5.74) is 1.01. The maximum atomic E-state index is 13.5. The highest BCUT2D eigenvalue weighted by Gasteiger charge is 2.36. The van der Waals surface area contributed by atoms with Gasteiger partial charge in [0.15, 0.2) is 0 Å². The molecule has 2 aliphatic heterocycles. The Hall–Kier alpha value is -1.50. The van der Waals surface area contributed by atoms with Gasteiger partial charge in [0.2, 0.25) is 15.9 Å². The molecule has 2 aliphatic rings. The van der Waals surface area contributed by atoms with Gasteiger partial charge in [0.1, 0.15) is 11.5 Å². The van der Waals surface area contributed by atoms with Crippen LogP contribution in [0.1, 0.15) is 30.9 Å². The third kappa shape index (κ3) is 7.37. The van der Waals surface area contributed by atoms with Crippen LogP contribution in [0.4, 0.5) is 0 Å². The molecule has 13 heteroatoms. The normalized spacial score (nSPS) is 20.2. The van der Waals surface area contributed by atoms with Crippen LogP contribution in [0.25, 0.3) is 0 Å². The van der Waals surface area contributed by atoms with E-state index < -0.39 is 16.1 Å². The van der Waals surface area contributed by atoms with Crippen LogP contribution < -0.4 is 5.32 Å². The number of sulfonamides is 1. The standard InChI is InChI=1S/C25H31Cl3N4O5S/c26-19-12-21(27)25(22(28)13-19)38(34,35)32-7-2-1-5-20(32)16-37-17-24(33)30-15-23(18-4-3-6-29-14-18)31-8-10-36-11-9-31/h3-4,6,12-14,20,23H,1-2,5,7-11,15-17H2,(H,30,33). The Kier molecular flexibility index (Phi) is 10.6. The molecule has 3 heterocycles. The number of benzene rings is 1. The van der Waals surface area contributed by atoms with E-state index in [2.05, 4.69) is 15.2 Å². The monoisotopic (exact) mass is 604 g/mol. The maximum Gasteiger partial charge on any atom is 0.246 e. The molecule has 2 saturated heterocycles. The van der Waals surface area contributed by atoms with Crippen molar-refractivity contribution in [1.29, 1.82) is 0 Å². The minimum Gasteiger partial charge on any atom is -0.379 e. The zero-order valence-corrected chi connectivity index (χ0v) is 23.9. The molecule has 0 aliphatic carbocycles. The number of rotatable bonds is 10. The van der Waals surface area contributed by atoms with Crippen LogP contribution in [0, 0.1) is 0 Å². The summed E-state index contributed by atoms with van der Waals surface area (Å²) < 4.78 is 39.5. The second-order valence-electron chi connectivity index (χ2n) is 9.23. The van der Waals surface area contributed by atoms with Crippen molar-refractivity contribution in [1.82, 2.24) is 19.5 Å². The van der Waals surface area contributed by atoms with Crippen LogP contribution in [0.2, 0.25) is 15.1 Å². The summed E-state index contributed by atoms with van der Waals surface area (Å²) in [5, 5.41) is 3.14. The van der Waals surface area contributed by atoms with Gasteiger partial charge >= 0.3 is 0 Å². The maximum absolute atomic E-state index is 13.5. The summed E-state index contributed by atoms with van der Waals surface area (Å²) in [4.78, 5) is 19.0. The first-order chi connectivity index (χ1) is 18.3. The Morgan fingerprint density at radius 1 is 1.16 bits per heavy atom. The Morgan fingerprint density at radius 2 is 1.89 bits per heavy atom. The Balaban J connectivity index is 1.34. The Morgan fingerprint density at radius 3 is 2.58 bits per heavy atom. The summed E-state index contributed by atoms with van der Waals surface area (Å²) in [5.74, 6) is -0.277. The van der Waals surface area contributed by atoms with E-state index in [1.807, 2.05) is 12.1 Å². The fourth-order valence-electron chi connectivity index (χ4n) is 4.82. The Bertz CT molecular complexity index is 1180. The third-order valence-corrected chi connectivity index (χ3v) is 9.79. The van der Waals surface area contributed by atoms with Gasteiger partial charge in [-0.25, -0.2) is 8.42 Å². The first kappa shape index (κ1) is 29.5. The van der Waals surface area contributed by atoms with Crippen LogP contribution in [0.3, 0.4) is 0 Å². The fourth-order valence-corrected chi connectivity index (χ4v) is 7.99. The van der Waals surface area contributed by atoms with E-state index in [1.165, 1.54) is 16.4 Å². The minimum absolute atomic E-state index is 0.0319. The molecular formula is C25H31Cl3N4O5S. The molecule has 0 radical (unpaired) electrons. The number of amides is 1. The molecule has 208 valence electrons. The molecule has 1 amide bonds. The number of nitrogens with one attached hydrogen (secondary N) is 1. The van der Waals surface area contributed by atoms with Gasteiger partial charge in [-0.3, -0.25) is 14.7 Å². The van der Waals surface area contributed by atoms with Gasteiger partial charge in [-0.05, 0) is 36.6 Å². The highest BCUT2D eigenvalue weighted by atomic mass is 35.5. The van der Waals surface area contributed by atoms with Gasteiger partial charge in [0.05, 0.1) is 35.9 Å². The lowest BCUT2D eigenvalue weighted by Gasteiger charge is -2.35. The lowest BCUT2D eigenvalue weighted by atomic mass is 10.1. The van der Waals surface area contributed by atoms with Crippen molar-refractivity contribution in [3.63, 3.8) is 0 Å². The molecular weight excluding hydrogens is 575 g/mol. The number of aromatic nitrogens is 1. The molecule has 1 aromatic carbocycles. The number of morpholine rings is 1. The molecule has 2 atom stereocenters. The van der Waals surface area contributed by atoms with E-state index in [-0.39, 0.29) is 45.1 Å². The van der Waals surface area contributed by atoms with Gasteiger partial charge in [-0.2, -0.15) is 4.31 Å². The number of nitrogens with zero attached hydrogens (tertiary/aromatic N) is 3. The number of halogens is 3. The molecule has 0 bridgehead atoms. The molecule has 2 unspecified atom stereocenters. The molecule has 1 N–H and O–H groups in total. The van der Waals surface area contributed by atoms with Crippen molar-refractivity contribution in [3.8, 4) is 0 Å². The van der Waals surface area contributed by atoms with Crippen molar-refractivity contribution in [2.45, 2.75) is 36.2 Å². The highest BCUT2D eigenvalue weighted by molar-refractivity contribution is 7.89. The van der Waals surface area contributed by atoms with Gasteiger partial charge in [-0.1, -0.05) is 47.3 Å². The molecule has 9 nitrogen and oxygen atoms in total. The first-order valence-electron chi connectivity index (χ1n) is 12.5. The van der Waals surface area contributed by atoms with Crippen LogP contribution in [0.5, 0.6) is 0 Å². The summed E-state index contributed by atoms with van der Waals surface area (Å²) in [6, 6.07) is 6.11. The molecule has 0 saturated carbocycles. The van der Waals surface area contributed by atoms with Crippen LogP contribution >= 0.6 is 34.8 Å². The molecule has 38 heavy (non-hydrogen) atoms. The SMILES string of the molecule is O=C(COCC1CCCCN1S(=O)(=O)c1c(Cl)cc(Cl)cc1Cl)NCC(c1cccnc1)N1CCOCC1. The largest absolute Gasteiger partial charge is 0.379 e. The molecule has 4 rings (SSSR count). The van der Waals surface area contributed by atoms with Crippen molar-refractivity contribution in [2.75, 3.05) is 52.6 Å². The quantitative estimate of drug-likeness (QED) is 0.440. The van der Waals surface area contributed by atoms with E-state index in [4.69, 9.17) is 44.3 Å². The highest BCUT2D eigenvalue weighted by Crippen LogP contribution is 2.36. The number of hydrogen-bond donors (Lipinski definition) is 1. The van der Waals surface area contributed by atoms with E-state index in [0.717, 1.165) is 25.1 Å². The number of pyridine rings is 1.